The van der Waals surface area contributed by atoms with Gasteiger partial charge in [-0.2, -0.15) is 0 Å². The van der Waals surface area contributed by atoms with Crippen LogP contribution in [0.4, 0.5) is 0 Å². The number of aromatic hydroxyl groups is 2. The van der Waals surface area contributed by atoms with Crippen molar-refractivity contribution < 1.29 is 38.3 Å². The molecule has 2 aromatic carbocycles. The predicted molar refractivity (Wildman–Crippen MR) is 120 cm³/mol. The molecule has 0 saturated heterocycles. The molecular formula is C20H23NO8S2. The van der Waals surface area contributed by atoms with Crippen LogP contribution in [0, 0.1) is 0 Å². The van der Waals surface area contributed by atoms with E-state index in [0.717, 1.165) is 0 Å². The normalized spacial score (nSPS) is 13.4. The van der Waals surface area contributed by atoms with E-state index in [0.29, 0.717) is 34.1 Å². The Kier molecular flexibility index (Phi) is 9.21. The third-order valence-corrected chi connectivity index (χ3v) is 6.02. The van der Waals surface area contributed by atoms with Gasteiger partial charge in [-0.15, -0.1) is 0 Å². The monoisotopic (exact) mass is 469 g/mol. The van der Waals surface area contributed by atoms with Crippen LogP contribution in [0.15, 0.2) is 35.1 Å². The van der Waals surface area contributed by atoms with Gasteiger partial charge in [0.25, 0.3) is 0 Å². The van der Waals surface area contributed by atoms with E-state index in [1.807, 2.05) is 0 Å². The Labute approximate surface area is 186 Å². The summed E-state index contributed by atoms with van der Waals surface area (Å²) in [5.74, 6) is 1.18. The van der Waals surface area contributed by atoms with E-state index in [4.69, 9.17) is 18.9 Å². The number of benzene rings is 2. The molecular weight excluding hydrogens is 446 g/mol. The summed E-state index contributed by atoms with van der Waals surface area (Å²) in [7, 11) is 5.69. The summed E-state index contributed by atoms with van der Waals surface area (Å²) in [4.78, 5) is 0. The fraction of sp³-hybridized carbons (Fsp3) is 0.200. The lowest BCUT2D eigenvalue weighted by molar-refractivity contribution is 0.383. The van der Waals surface area contributed by atoms with Crippen LogP contribution >= 0.6 is 0 Å². The highest BCUT2D eigenvalue weighted by atomic mass is 32.3. The Hall–Kier alpha value is -2.70. The molecule has 2 rings (SSSR count). The van der Waals surface area contributed by atoms with Gasteiger partial charge in [-0.3, -0.25) is 0 Å². The molecule has 0 aliphatic carbocycles. The number of methoxy groups -OCH3 is 4. The predicted octanol–water partition coefficient (Wildman–Crippen LogP) is 2.69. The third kappa shape index (κ3) is 6.64. The Morgan fingerprint density at radius 1 is 0.677 bits per heavy atom. The first kappa shape index (κ1) is 24.6. The van der Waals surface area contributed by atoms with E-state index in [-0.39, 0.29) is 11.5 Å². The molecule has 0 aromatic heterocycles. The van der Waals surface area contributed by atoms with Crippen molar-refractivity contribution in [3.05, 3.63) is 46.2 Å². The third-order valence-electron chi connectivity index (χ3n) is 3.94. The first-order chi connectivity index (χ1) is 14.8. The zero-order chi connectivity index (χ0) is 23.0. The first-order valence-corrected chi connectivity index (χ1v) is 11.1. The van der Waals surface area contributed by atoms with Crippen molar-refractivity contribution in [2.45, 2.75) is 0 Å². The molecule has 0 heterocycles. The van der Waals surface area contributed by atoms with Crippen molar-refractivity contribution in [1.82, 2.24) is 4.13 Å². The van der Waals surface area contributed by atoms with Crippen LogP contribution in [0.3, 0.4) is 0 Å². The van der Waals surface area contributed by atoms with E-state index < -0.39 is 22.7 Å². The fourth-order valence-corrected chi connectivity index (χ4v) is 4.19. The highest BCUT2D eigenvalue weighted by Gasteiger charge is 2.16. The Balaban J connectivity index is 2.13. The van der Waals surface area contributed by atoms with Crippen LogP contribution in [0.1, 0.15) is 11.1 Å². The van der Waals surface area contributed by atoms with E-state index in [9.17, 15) is 19.3 Å². The molecule has 0 saturated carbocycles. The van der Waals surface area contributed by atoms with Crippen molar-refractivity contribution in [3.8, 4) is 34.5 Å². The zero-order valence-corrected chi connectivity index (χ0v) is 18.9. The van der Waals surface area contributed by atoms with Crippen molar-refractivity contribution in [2.24, 2.45) is 0 Å². The number of rotatable bonds is 10. The van der Waals surface area contributed by atoms with Gasteiger partial charge < -0.3 is 38.3 Å². The summed E-state index contributed by atoms with van der Waals surface area (Å²) in [6.07, 6.45) is 2.93. The van der Waals surface area contributed by atoms with Gasteiger partial charge in [0, 0.05) is 40.5 Å². The molecule has 0 amide bonds. The molecule has 0 fully saturated rings. The highest BCUT2D eigenvalue weighted by molar-refractivity contribution is 8.07. The quantitative estimate of drug-likeness (QED) is 0.449. The van der Waals surface area contributed by atoms with Crippen molar-refractivity contribution in [1.29, 1.82) is 0 Å². The number of phenolic OH excluding ortho intramolecular Hbond substituents is 2. The summed E-state index contributed by atoms with van der Waals surface area (Å²) in [6.45, 7) is 0. The molecule has 168 valence electrons. The van der Waals surface area contributed by atoms with Gasteiger partial charge in [-0.25, -0.2) is 0 Å². The Bertz CT molecular complexity index is 825. The number of phenols is 2. The lowest BCUT2D eigenvalue weighted by atomic mass is 10.1. The number of hydrogen-bond donors (Lipinski definition) is 3. The average molecular weight is 470 g/mol. The van der Waals surface area contributed by atoms with Gasteiger partial charge in [0.05, 0.1) is 39.6 Å². The minimum atomic E-state index is -1.81. The van der Waals surface area contributed by atoms with E-state index >= 15 is 0 Å². The van der Waals surface area contributed by atoms with Gasteiger partial charge in [0.15, 0.2) is 0 Å². The molecule has 9 nitrogen and oxygen atoms in total. The maximum absolute atomic E-state index is 12.3. The number of ether oxygens (including phenoxy) is 4. The van der Waals surface area contributed by atoms with Gasteiger partial charge in [0.1, 0.15) is 68.0 Å². The molecule has 0 bridgehead atoms. The summed E-state index contributed by atoms with van der Waals surface area (Å²) >= 11 is -3.62. The summed E-state index contributed by atoms with van der Waals surface area (Å²) in [5.41, 5.74) is 0.913. The second-order valence-corrected chi connectivity index (χ2v) is 8.21. The number of nitrogens with one attached hydrogen (secondary N) is 1. The minimum Gasteiger partial charge on any atom is -0.590 e. The van der Waals surface area contributed by atoms with Gasteiger partial charge >= 0.3 is 0 Å². The second-order valence-electron chi connectivity index (χ2n) is 5.81. The fourth-order valence-electron chi connectivity index (χ4n) is 2.57. The number of hydrogen-bond acceptors (Lipinski definition) is 9. The molecule has 2 atom stereocenters. The van der Waals surface area contributed by atoms with Gasteiger partial charge in [-0.05, 0) is 0 Å². The summed E-state index contributed by atoms with van der Waals surface area (Å²) < 4.78 is 47.7. The van der Waals surface area contributed by atoms with Crippen molar-refractivity contribution >= 4 is 34.9 Å². The molecule has 0 aliphatic heterocycles. The summed E-state index contributed by atoms with van der Waals surface area (Å²) in [5, 5.41) is 21.9. The molecule has 11 heteroatoms. The molecule has 3 N–H and O–H groups in total. The standard InChI is InChI=1S/C20H23NO8S2/c1-26-17-9-13(22)10-18(27-2)15(17)5-7-30(24)21-31(25)8-6-16-19(28-3)11-14(23)12-20(16)29-4/h5-12,21-23H,1-4H3/b7-5-,8-6+. The maximum Gasteiger partial charge on any atom is 0.143 e. The molecule has 31 heavy (non-hydrogen) atoms. The van der Waals surface area contributed by atoms with Crippen LogP contribution in [0.2, 0.25) is 0 Å². The topological polar surface area (TPSA) is 136 Å². The first-order valence-electron chi connectivity index (χ1n) is 8.66. The zero-order valence-electron chi connectivity index (χ0n) is 17.3. The van der Waals surface area contributed by atoms with Crippen molar-refractivity contribution in [2.75, 3.05) is 28.4 Å². The molecule has 0 radical (unpaired) electrons. The Morgan fingerprint density at radius 2 is 0.968 bits per heavy atom. The van der Waals surface area contributed by atoms with Crippen LogP contribution < -0.4 is 23.1 Å². The average Bonchev–Trinajstić information content (AvgIpc) is 2.75. The van der Waals surface area contributed by atoms with Crippen LogP contribution in [0.5, 0.6) is 34.5 Å². The van der Waals surface area contributed by atoms with Crippen LogP contribution in [0.25, 0.3) is 12.2 Å². The lowest BCUT2D eigenvalue weighted by Crippen LogP contribution is -2.27. The highest BCUT2D eigenvalue weighted by Crippen LogP contribution is 2.35. The molecule has 2 unspecified atom stereocenters. The maximum atomic E-state index is 12.3. The molecule has 0 aliphatic rings. The summed E-state index contributed by atoms with van der Waals surface area (Å²) in [6, 6.07) is 5.55. The molecule has 2 aromatic rings. The van der Waals surface area contributed by atoms with E-state index in [1.54, 1.807) is 0 Å². The van der Waals surface area contributed by atoms with Crippen molar-refractivity contribution in [3.63, 3.8) is 0 Å². The largest absolute Gasteiger partial charge is 0.590 e. The smallest absolute Gasteiger partial charge is 0.143 e. The Morgan fingerprint density at radius 3 is 1.23 bits per heavy atom. The van der Waals surface area contributed by atoms with Gasteiger partial charge in [-0.1, -0.05) is 0 Å². The molecule has 0 spiro atoms. The van der Waals surface area contributed by atoms with E-state index in [2.05, 4.69) is 4.13 Å². The lowest BCUT2D eigenvalue weighted by Gasteiger charge is -2.12. The van der Waals surface area contributed by atoms with E-state index in [1.165, 1.54) is 75.7 Å². The van der Waals surface area contributed by atoms with Crippen LogP contribution in [-0.4, -0.2) is 47.8 Å². The van der Waals surface area contributed by atoms with Gasteiger partial charge in [0.2, 0.25) is 0 Å². The SMILES string of the molecule is COc1cc(O)cc(OC)c1/C=C\[S+]([O-])N[S+]([O-])/C=C/c1c(OC)cc(O)cc1OC. The van der Waals surface area contributed by atoms with Crippen LogP contribution in [-0.2, 0) is 22.7 Å². The minimum absolute atomic E-state index is 0.0450. The second kappa shape index (κ2) is 11.6.